The van der Waals surface area contributed by atoms with Crippen molar-refractivity contribution in [2.75, 3.05) is 0 Å². The van der Waals surface area contributed by atoms with Crippen molar-refractivity contribution in [3.63, 3.8) is 0 Å². The second-order valence-corrected chi connectivity index (χ2v) is 76.9. The van der Waals surface area contributed by atoms with Crippen LogP contribution in [0.2, 0.25) is 126 Å². The van der Waals surface area contributed by atoms with Crippen molar-refractivity contribution in [2.45, 2.75) is 141 Å². The Morgan fingerprint density at radius 1 is 0.468 bits per heavy atom. The first kappa shape index (κ1) is 40.8. The van der Waals surface area contributed by atoms with Gasteiger partial charge in [0, 0.05) is 0 Å². The number of rotatable bonds is 12. The van der Waals surface area contributed by atoms with Crippen LogP contribution in [0.4, 0.5) is 0 Å². The third-order valence-corrected chi connectivity index (χ3v) is 69.0. The molecular formula is C37H69BS2SbSi6+. The van der Waals surface area contributed by atoms with Gasteiger partial charge < -0.3 is 0 Å². The van der Waals surface area contributed by atoms with E-state index in [0.717, 1.165) is 15.5 Å². The maximum absolute atomic E-state index is 2.92. The van der Waals surface area contributed by atoms with E-state index in [4.69, 9.17) is 0 Å². The molecule has 0 saturated carbocycles. The Morgan fingerprint density at radius 3 is 1.00 bits per heavy atom. The van der Waals surface area contributed by atoms with E-state index in [9.17, 15) is 0 Å². The van der Waals surface area contributed by atoms with Crippen LogP contribution in [0.5, 0.6) is 0 Å². The van der Waals surface area contributed by atoms with Gasteiger partial charge in [-0.15, -0.1) is 0 Å². The Labute approximate surface area is 308 Å². The van der Waals surface area contributed by atoms with E-state index in [0.29, 0.717) is 13.0 Å². The average molecular weight is 879 g/mol. The van der Waals surface area contributed by atoms with Gasteiger partial charge in [-0.2, -0.15) is 0 Å². The molecule has 0 unspecified atom stereocenters. The summed E-state index contributed by atoms with van der Waals surface area (Å²) in [5, 5.41) is 2.89. The second kappa shape index (κ2) is 13.8. The summed E-state index contributed by atoms with van der Waals surface area (Å²) < 4.78 is 1.36. The summed E-state index contributed by atoms with van der Waals surface area (Å²) in [6, 6.07) is 5.85. The van der Waals surface area contributed by atoms with Gasteiger partial charge in [-0.25, -0.2) is 0 Å². The Morgan fingerprint density at radius 2 is 0.745 bits per heavy atom. The Kier molecular flexibility index (Phi) is 12.0. The number of hydrogen-bond donors (Lipinski definition) is 0. The molecule has 0 aromatic heterocycles. The molecule has 0 nitrogen and oxygen atoms in total. The van der Waals surface area contributed by atoms with E-state index in [2.05, 4.69) is 196 Å². The third kappa shape index (κ3) is 8.66. The fourth-order valence-electron chi connectivity index (χ4n) is 10.6. The van der Waals surface area contributed by atoms with Crippen molar-refractivity contribution < 1.29 is 0 Å². The molecule has 10 heteroatoms. The van der Waals surface area contributed by atoms with Crippen molar-refractivity contribution >= 4 is 92.6 Å². The molecule has 0 amide bonds. The number of hydrogen-bond acceptors (Lipinski definition) is 2. The van der Waals surface area contributed by atoms with Crippen LogP contribution in [0.15, 0.2) is 60.7 Å². The summed E-state index contributed by atoms with van der Waals surface area (Å²) in [5.74, 6) is 0. The van der Waals surface area contributed by atoms with E-state index in [1.807, 2.05) is 16.6 Å². The van der Waals surface area contributed by atoms with Crippen molar-refractivity contribution in [1.29, 1.82) is 0 Å². The molecule has 1 heterocycles. The first-order valence-corrected chi connectivity index (χ1v) is 50.6. The zero-order valence-corrected chi connectivity index (χ0v) is 43.7. The van der Waals surface area contributed by atoms with E-state index in [1.54, 1.807) is 5.56 Å². The summed E-state index contributed by atoms with van der Waals surface area (Å²) in [6.45, 7) is 48.6. The number of allylic oxidation sites excluding steroid dienone is 8. The quantitative estimate of drug-likeness (QED) is 0.192. The minimum absolute atomic E-state index is 0.590. The molecule has 0 radical (unpaired) electrons. The predicted octanol–water partition coefficient (Wildman–Crippen LogP) is 12.8. The van der Waals surface area contributed by atoms with Gasteiger partial charge >= 0.3 is 311 Å². The molecule has 0 bridgehead atoms. The summed E-state index contributed by atoms with van der Waals surface area (Å²) in [6.07, 6.45) is 19.6. The third-order valence-electron chi connectivity index (χ3n) is 10.5. The molecular weight excluding hydrogens is 810 g/mol. The van der Waals surface area contributed by atoms with Crippen LogP contribution < -0.4 is 5.46 Å². The van der Waals surface area contributed by atoms with Gasteiger partial charge in [-0.1, -0.05) is 0 Å². The van der Waals surface area contributed by atoms with Crippen LogP contribution in [-0.2, 0) is 0 Å². The molecule has 4 rings (SSSR count). The van der Waals surface area contributed by atoms with E-state index in [1.165, 1.54) is 0 Å². The SMILES string of the molecule is C[Si](C)(C)C(c1cc(C([Si](C)(C)C)[Si](C)(C)C)c(B2[S][Sb+]([CH]3C=CC=C3)([CH]3C=CC=C3)[S]2)c(C([Si](C)(C)C)[Si](C)(C)C)c1)[Si](C)(C)C. The van der Waals surface area contributed by atoms with Crippen molar-refractivity contribution in [2.24, 2.45) is 0 Å². The van der Waals surface area contributed by atoms with Gasteiger partial charge in [-0.05, 0) is 0 Å². The van der Waals surface area contributed by atoms with Crippen LogP contribution in [0, 0.1) is 0 Å². The average Bonchev–Trinajstić information content (AvgIpc) is 3.49. The predicted molar refractivity (Wildman–Crippen MR) is 245 cm³/mol. The van der Waals surface area contributed by atoms with Gasteiger partial charge in [0.1, 0.15) is 0 Å². The minimum atomic E-state index is -2.61. The molecule has 1 fully saturated rings. The molecule has 0 atom stereocenters. The Bertz CT molecular complexity index is 1290. The standard InChI is InChI=1S/C27H59BS2Si6.2C5H5.Sb/c1-31(2,3)25(32(4,5)6)21-19-22(26(33(7,8)9)34(10,11)12)24(28(29)30)23(20-21)27(35(13,14)15)36(16,17)18;2*1-2-4-5-3-1;/h19-20,25-27H,1-18H3;2*1-5H;/q-2;;;+3. The van der Waals surface area contributed by atoms with Crippen molar-refractivity contribution in [3.8, 4) is 0 Å². The summed E-state index contributed by atoms with van der Waals surface area (Å²) in [4.78, 5) is 0. The summed E-state index contributed by atoms with van der Waals surface area (Å²) >= 11 is -2.61. The second-order valence-electron chi connectivity index (χ2n) is 21.3. The van der Waals surface area contributed by atoms with Gasteiger partial charge in [0.2, 0.25) is 0 Å². The van der Waals surface area contributed by atoms with E-state index < -0.39 is 64.4 Å². The van der Waals surface area contributed by atoms with Crippen LogP contribution in [0.25, 0.3) is 0 Å². The molecule has 0 spiro atoms. The van der Waals surface area contributed by atoms with Gasteiger partial charge in [-0.3, -0.25) is 0 Å². The molecule has 3 aliphatic rings. The molecule has 0 N–H and O–H groups in total. The van der Waals surface area contributed by atoms with Crippen molar-refractivity contribution in [1.82, 2.24) is 0 Å². The molecule has 1 aliphatic heterocycles. The van der Waals surface area contributed by atoms with E-state index in [-0.39, 0.29) is 0 Å². The number of benzene rings is 1. The summed E-state index contributed by atoms with van der Waals surface area (Å²) in [7, 11) is -4.11. The van der Waals surface area contributed by atoms with Gasteiger partial charge in [0.05, 0.1) is 0 Å². The fourth-order valence-corrected chi connectivity index (χ4v) is 78.9. The molecule has 2 aliphatic carbocycles. The normalized spacial score (nSPS) is 19.7. The summed E-state index contributed by atoms with van der Waals surface area (Å²) in [5.41, 5.74) is 7.35. The zero-order chi connectivity index (χ0) is 35.8. The van der Waals surface area contributed by atoms with Crippen molar-refractivity contribution in [3.05, 3.63) is 77.4 Å². The Hall–Kier alpha value is 1.06. The Balaban J connectivity index is 2.13. The molecule has 1 saturated heterocycles. The van der Waals surface area contributed by atoms with Crippen LogP contribution in [0.1, 0.15) is 32.2 Å². The molecule has 47 heavy (non-hydrogen) atoms. The van der Waals surface area contributed by atoms with Crippen LogP contribution in [0.3, 0.4) is 0 Å². The van der Waals surface area contributed by atoms with E-state index >= 15 is 0 Å². The topological polar surface area (TPSA) is 0 Å². The first-order chi connectivity index (χ1) is 21.1. The van der Waals surface area contributed by atoms with Crippen LogP contribution in [-0.4, -0.2) is 69.7 Å². The van der Waals surface area contributed by atoms with Gasteiger partial charge in [0.25, 0.3) is 0 Å². The molecule has 260 valence electrons. The van der Waals surface area contributed by atoms with Crippen LogP contribution >= 0.6 is 17.4 Å². The zero-order valence-electron chi connectivity index (χ0n) is 33.5. The maximum atomic E-state index is 2.92. The monoisotopic (exact) mass is 877 g/mol. The first-order valence-electron chi connectivity index (χ1n) is 18.2. The fraction of sp³-hybridized carbons (Fsp3) is 0.622. The molecule has 1 aromatic carbocycles. The van der Waals surface area contributed by atoms with Gasteiger partial charge in [0.15, 0.2) is 0 Å². The molecule has 1 aromatic rings.